The molecule has 0 unspecified atom stereocenters. The summed E-state index contributed by atoms with van der Waals surface area (Å²) in [5.41, 5.74) is 2.29. The highest BCUT2D eigenvalue weighted by Crippen LogP contribution is 2.41. The third-order valence-electron chi connectivity index (χ3n) is 6.34. The van der Waals surface area contributed by atoms with Crippen molar-refractivity contribution in [3.05, 3.63) is 36.3 Å². The van der Waals surface area contributed by atoms with Crippen molar-refractivity contribution in [3.8, 4) is 0 Å². The summed E-state index contributed by atoms with van der Waals surface area (Å²) in [6.45, 7) is 3.34. The van der Waals surface area contributed by atoms with E-state index in [-0.39, 0.29) is 12.5 Å². The second kappa shape index (κ2) is 7.20. The first kappa shape index (κ1) is 19.8. The van der Waals surface area contributed by atoms with E-state index in [2.05, 4.69) is 17.9 Å². The molecule has 2 saturated heterocycles. The third kappa shape index (κ3) is 3.12. The van der Waals surface area contributed by atoms with E-state index in [4.69, 9.17) is 9.72 Å². The van der Waals surface area contributed by atoms with Crippen LogP contribution in [0.2, 0.25) is 0 Å². The van der Waals surface area contributed by atoms with E-state index in [0.717, 1.165) is 24.6 Å². The zero-order chi connectivity index (χ0) is 21.8. The number of aromatic nitrogens is 2. The maximum Gasteiger partial charge on any atom is 0.414 e. The van der Waals surface area contributed by atoms with Gasteiger partial charge in [0.2, 0.25) is 5.82 Å². The van der Waals surface area contributed by atoms with Crippen LogP contribution in [0.15, 0.2) is 30.6 Å². The van der Waals surface area contributed by atoms with Crippen molar-refractivity contribution < 1.29 is 19.1 Å². The second-order valence-corrected chi connectivity index (χ2v) is 8.40. The number of hydrogen-bond donors (Lipinski definition) is 1. The van der Waals surface area contributed by atoms with Gasteiger partial charge in [-0.2, -0.15) is 0 Å². The monoisotopic (exact) mass is 442 g/mol. The summed E-state index contributed by atoms with van der Waals surface area (Å²) >= 11 is 4.47. The second-order valence-electron chi connectivity index (χ2n) is 8.03. The van der Waals surface area contributed by atoms with E-state index >= 15 is 0 Å². The number of carbonyl (C=O) groups is 3. The van der Waals surface area contributed by atoms with Crippen molar-refractivity contribution in [3.63, 3.8) is 0 Å². The summed E-state index contributed by atoms with van der Waals surface area (Å²) < 4.78 is 7.69. The maximum atomic E-state index is 12.9. The first-order valence-corrected chi connectivity index (χ1v) is 10.5. The van der Waals surface area contributed by atoms with E-state index in [1.807, 2.05) is 40.9 Å². The Bertz CT molecular complexity index is 1060. The Morgan fingerprint density at radius 3 is 2.74 bits per heavy atom. The molecule has 10 nitrogen and oxygen atoms in total. The average molecular weight is 443 g/mol. The van der Waals surface area contributed by atoms with Crippen LogP contribution in [0.1, 0.15) is 10.5 Å². The van der Waals surface area contributed by atoms with Crippen LogP contribution in [0.5, 0.6) is 0 Å². The maximum absolute atomic E-state index is 12.9. The highest BCUT2D eigenvalue weighted by molar-refractivity contribution is 7.76. The van der Waals surface area contributed by atoms with E-state index in [0.29, 0.717) is 35.5 Å². The van der Waals surface area contributed by atoms with Crippen molar-refractivity contribution in [2.75, 3.05) is 44.2 Å². The molecule has 6 rings (SSSR count). The summed E-state index contributed by atoms with van der Waals surface area (Å²) in [5.74, 6) is 0.904. The molecule has 0 aliphatic carbocycles. The molecule has 4 aliphatic rings. The minimum absolute atomic E-state index is 0.0636. The van der Waals surface area contributed by atoms with Gasteiger partial charge in [0.05, 0.1) is 43.3 Å². The molecule has 31 heavy (non-hydrogen) atoms. The minimum atomic E-state index is -0.578. The number of fused-ring (bicyclic) bond motifs is 2. The molecule has 3 amide bonds. The Morgan fingerprint density at radius 2 is 2.06 bits per heavy atom. The van der Waals surface area contributed by atoms with Crippen molar-refractivity contribution in [1.82, 2.24) is 24.3 Å². The van der Waals surface area contributed by atoms with Gasteiger partial charge in [-0.25, -0.2) is 14.3 Å². The van der Waals surface area contributed by atoms with Gasteiger partial charge in [-0.05, 0) is 6.07 Å². The van der Waals surface area contributed by atoms with Gasteiger partial charge in [0, 0.05) is 25.4 Å². The van der Waals surface area contributed by atoms with Gasteiger partial charge in [0.25, 0.3) is 5.91 Å². The van der Waals surface area contributed by atoms with E-state index in [1.165, 1.54) is 4.90 Å². The lowest BCUT2D eigenvalue weighted by Crippen LogP contribution is -2.56. The molecule has 0 spiro atoms. The van der Waals surface area contributed by atoms with Gasteiger partial charge in [-0.15, -0.1) is 0 Å². The van der Waals surface area contributed by atoms with Gasteiger partial charge in [0.15, 0.2) is 11.4 Å². The van der Waals surface area contributed by atoms with Crippen LogP contribution in [-0.2, 0) is 24.4 Å². The number of rotatable bonds is 4. The predicted molar refractivity (Wildman–Crippen MR) is 115 cm³/mol. The molecule has 1 atom stereocenters. The van der Waals surface area contributed by atoms with E-state index in [1.54, 1.807) is 6.20 Å². The number of cyclic esters (lactones) is 1. The Labute approximate surface area is 184 Å². The molecule has 2 bridgehead atoms. The SMILES string of the molecule is Cn1ccc2c1C(=O)N1CC[N+]2(c2ccc(N3C[C@H](CNC(=O)[S-])OC3=O)cn2)CC1. The number of pyridine rings is 1. The summed E-state index contributed by atoms with van der Waals surface area (Å²) in [5, 5.41) is 1.91. The largest absolute Gasteiger partial charge is 0.719 e. The van der Waals surface area contributed by atoms with Crippen LogP contribution in [0.3, 0.4) is 0 Å². The standard InChI is InChI=1S/C20H22N6O4S/c1-23-5-4-15-17(23)18(27)24-6-8-26(15,9-7-24)16-3-2-13(10-21-16)25-12-14(30-20(25)29)11-22-19(28)31/h2-5,10,14H,6-9,11-12H2,1H3,(H-,22,28,31)/t14-/m0/s1. The Morgan fingerprint density at radius 1 is 1.29 bits per heavy atom. The molecule has 162 valence electrons. The number of piperazine rings is 1. The first-order valence-electron chi connectivity index (χ1n) is 10.1. The molecule has 0 saturated carbocycles. The molecule has 11 heteroatoms. The van der Waals surface area contributed by atoms with E-state index in [9.17, 15) is 14.4 Å². The number of nitrogens with zero attached hydrogens (tertiary/aromatic N) is 5. The van der Waals surface area contributed by atoms with Gasteiger partial charge < -0.3 is 36.9 Å². The van der Waals surface area contributed by atoms with Crippen LogP contribution >= 0.6 is 0 Å². The van der Waals surface area contributed by atoms with Crippen LogP contribution in [0, 0.1) is 0 Å². The molecule has 0 radical (unpaired) electrons. The fraction of sp³-hybridized carbons (Fsp3) is 0.400. The molecule has 2 aromatic heterocycles. The summed E-state index contributed by atoms with van der Waals surface area (Å²) in [7, 11) is 1.89. The number of quaternary nitrogens is 1. The Hall–Kier alpha value is -3.18. The Kier molecular flexibility index (Phi) is 4.59. The minimum Gasteiger partial charge on any atom is -0.719 e. The lowest BCUT2D eigenvalue weighted by molar-refractivity contribution is 0.0711. The van der Waals surface area contributed by atoms with Gasteiger partial charge in [-0.3, -0.25) is 9.69 Å². The van der Waals surface area contributed by atoms with Crippen LogP contribution in [-0.4, -0.2) is 77.1 Å². The number of hydrogen-bond acceptors (Lipinski definition) is 6. The highest BCUT2D eigenvalue weighted by Gasteiger charge is 2.48. The topological polar surface area (TPSA) is 96.8 Å². The fourth-order valence-corrected chi connectivity index (χ4v) is 4.79. The summed E-state index contributed by atoms with van der Waals surface area (Å²) in [4.78, 5) is 44.2. The van der Waals surface area contributed by atoms with Gasteiger partial charge in [-0.1, -0.05) is 0 Å². The highest BCUT2D eigenvalue weighted by atomic mass is 32.1. The first-order chi connectivity index (χ1) is 14.9. The zero-order valence-electron chi connectivity index (χ0n) is 17.0. The quantitative estimate of drug-likeness (QED) is 0.563. The predicted octanol–water partition coefficient (Wildman–Crippen LogP) is 1.11. The smallest absolute Gasteiger partial charge is 0.414 e. The Balaban J connectivity index is 1.43. The number of aryl methyl sites for hydroxylation is 1. The number of anilines is 1. The summed E-state index contributed by atoms with van der Waals surface area (Å²) in [6, 6.07) is 5.78. The van der Waals surface area contributed by atoms with Gasteiger partial charge in [0.1, 0.15) is 19.2 Å². The van der Waals surface area contributed by atoms with Crippen LogP contribution in [0.4, 0.5) is 26.8 Å². The molecule has 1 N–H and O–H groups in total. The van der Waals surface area contributed by atoms with Crippen molar-refractivity contribution in [2.24, 2.45) is 7.05 Å². The van der Waals surface area contributed by atoms with Crippen LogP contribution < -0.4 is 14.7 Å². The van der Waals surface area contributed by atoms with Crippen molar-refractivity contribution >= 4 is 47.1 Å². The lowest BCUT2D eigenvalue weighted by atomic mass is 10.2. The molecule has 6 heterocycles. The fourth-order valence-electron chi connectivity index (χ4n) is 4.70. The third-order valence-corrected chi connectivity index (χ3v) is 6.48. The average Bonchev–Trinajstić information content (AvgIpc) is 3.28. The number of amides is 3. The normalized spacial score (nSPS) is 21.6. The van der Waals surface area contributed by atoms with Crippen molar-refractivity contribution in [1.29, 1.82) is 0 Å². The van der Waals surface area contributed by atoms with Gasteiger partial charge >= 0.3 is 6.09 Å². The molecule has 2 aromatic rings. The number of carbonyl (C=O) groups excluding carboxylic acids is 3. The van der Waals surface area contributed by atoms with E-state index < -0.39 is 17.4 Å². The zero-order valence-corrected chi connectivity index (χ0v) is 17.8. The van der Waals surface area contributed by atoms with Crippen LogP contribution in [0.25, 0.3) is 0 Å². The molecular weight excluding hydrogens is 420 g/mol. The molecule has 2 fully saturated rings. The number of nitrogens with one attached hydrogen (secondary N) is 1. The molecule has 4 aliphatic heterocycles. The molecule has 0 aromatic carbocycles. The summed E-state index contributed by atoms with van der Waals surface area (Å²) in [6.07, 6.45) is 2.64. The van der Waals surface area contributed by atoms with Crippen molar-refractivity contribution in [2.45, 2.75) is 6.10 Å². The lowest BCUT2D eigenvalue weighted by Gasteiger charge is -2.39. The molecular formula is C20H22N6O4S. The number of ether oxygens (including phenoxy) is 1.